The van der Waals surface area contributed by atoms with Crippen LogP contribution in [0.15, 0.2) is 24.3 Å². The fraction of sp³-hybridized carbons (Fsp3) is 0.467. The Balaban J connectivity index is 1.59. The Labute approximate surface area is 123 Å². The van der Waals surface area contributed by atoms with Gasteiger partial charge in [-0.2, -0.15) is 0 Å². The van der Waals surface area contributed by atoms with E-state index in [1.165, 1.54) is 0 Å². The molecule has 2 saturated heterocycles. The second-order valence-corrected chi connectivity index (χ2v) is 5.51. The molecule has 1 aromatic carbocycles. The molecule has 2 aliphatic heterocycles. The van der Waals surface area contributed by atoms with E-state index in [0.717, 1.165) is 5.69 Å². The number of carbonyl (C=O) groups excluding carboxylic acids is 2. The highest BCUT2D eigenvalue weighted by Gasteiger charge is 2.32. The van der Waals surface area contributed by atoms with Crippen LogP contribution in [0.2, 0.25) is 0 Å². The van der Waals surface area contributed by atoms with Gasteiger partial charge in [-0.25, -0.2) is 0 Å². The maximum atomic E-state index is 12.3. The molecule has 0 saturated carbocycles. The summed E-state index contributed by atoms with van der Waals surface area (Å²) in [6, 6.07) is 7.24. The molecule has 2 heterocycles. The molecule has 0 bridgehead atoms. The number of phenolic OH excluding ortho intramolecular Hbond substituents is 1. The number of nitrogens with one attached hydrogen (secondary N) is 1. The number of anilines is 1. The van der Waals surface area contributed by atoms with Crippen LogP contribution < -0.4 is 10.2 Å². The van der Waals surface area contributed by atoms with E-state index in [9.17, 15) is 14.7 Å². The molecule has 1 aromatic rings. The summed E-state index contributed by atoms with van der Waals surface area (Å²) in [6.45, 7) is 3.09. The normalized spacial score (nSPS) is 22.3. The van der Waals surface area contributed by atoms with Gasteiger partial charge in [0.25, 0.3) is 0 Å². The summed E-state index contributed by atoms with van der Waals surface area (Å²) in [5.41, 5.74) is 0.808. The summed E-state index contributed by atoms with van der Waals surface area (Å²) >= 11 is 0. The molecule has 21 heavy (non-hydrogen) atoms. The molecule has 2 aliphatic rings. The van der Waals surface area contributed by atoms with Crippen molar-refractivity contribution in [3.8, 4) is 5.75 Å². The standard InChI is InChI=1S/C15H19N3O3/c19-13-4-2-1-3-12(13)17-5-7-18(8-6-17)15(21)11-9-14(20)16-10-11/h1-4,11,19H,5-10H2,(H,16,20). The van der Waals surface area contributed by atoms with Gasteiger partial charge in [-0.05, 0) is 12.1 Å². The van der Waals surface area contributed by atoms with Crippen molar-refractivity contribution >= 4 is 17.5 Å². The Kier molecular flexibility index (Phi) is 3.68. The minimum absolute atomic E-state index is 0.0406. The van der Waals surface area contributed by atoms with Gasteiger partial charge in [0.1, 0.15) is 5.75 Å². The zero-order valence-electron chi connectivity index (χ0n) is 11.8. The summed E-state index contributed by atoms with van der Waals surface area (Å²) in [5.74, 6) is 0.0727. The van der Waals surface area contributed by atoms with Crippen LogP contribution in [-0.2, 0) is 9.59 Å². The van der Waals surface area contributed by atoms with E-state index in [0.29, 0.717) is 39.1 Å². The van der Waals surface area contributed by atoms with Crippen LogP contribution in [0, 0.1) is 5.92 Å². The van der Waals surface area contributed by atoms with Crippen LogP contribution in [0.4, 0.5) is 5.69 Å². The lowest BCUT2D eigenvalue weighted by atomic mass is 10.1. The minimum atomic E-state index is -0.214. The molecular weight excluding hydrogens is 270 g/mol. The topological polar surface area (TPSA) is 72.9 Å². The average Bonchev–Trinajstić information content (AvgIpc) is 2.94. The highest BCUT2D eigenvalue weighted by molar-refractivity contribution is 5.89. The van der Waals surface area contributed by atoms with Crippen LogP contribution in [0.3, 0.4) is 0 Å². The molecule has 2 amide bonds. The molecule has 6 nitrogen and oxygen atoms in total. The first-order valence-electron chi connectivity index (χ1n) is 7.23. The molecule has 0 aromatic heterocycles. The largest absolute Gasteiger partial charge is 0.506 e. The molecule has 0 radical (unpaired) electrons. The third-order valence-electron chi connectivity index (χ3n) is 4.14. The summed E-state index contributed by atoms with van der Waals surface area (Å²) in [6.07, 6.45) is 0.304. The van der Waals surface area contributed by atoms with Gasteiger partial charge in [0.15, 0.2) is 0 Å². The molecule has 1 atom stereocenters. The zero-order chi connectivity index (χ0) is 14.8. The number of amides is 2. The van der Waals surface area contributed by atoms with E-state index < -0.39 is 0 Å². The van der Waals surface area contributed by atoms with Gasteiger partial charge < -0.3 is 20.2 Å². The Morgan fingerprint density at radius 2 is 1.90 bits per heavy atom. The van der Waals surface area contributed by atoms with Crippen LogP contribution >= 0.6 is 0 Å². The number of aromatic hydroxyl groups is 1. The molecule has 1 unspecified atom stereocenters. The Morgan fingerprint density at radius 1 is 1.19 bits per heavy atom. The molecule has 2 N–H and O–H groups in total. The monoisotopic (exact) mass is 289 g/mol. The third-order valence-corrected chi connectivity index (χ3v) is 4.14. The lowest BCUT2D eigenvalue weighted by Gasteiger charge is -2.37. The molecule has 112 valence electrons. The Hall–Kier alpha value is -2.24. The number of hydrogen-bond acceptors (Lipinski definition) is 4. The van der Waals surface area contributed by atoms with Gasteiger partial charge in [0.2, 0.25) is 11.8 Å². The van der Waals surface area contributed by atoms with Gasteiger partial charge in [0.05, 0.1) is 11.6 Å². The summed E-state index contributed by atoms with van der Waals surface area (Å²) < 4.78 is 0. The number of piperazine rings is 1. The van der Waals surface area contributed by atoms with E-state index in [1.807, 2.05) is 17.0 Å². The summed E-state index contributed by atoms with van der Waals surface area (Å²) in [7, 11) is 0. The first kappa shape index (κ1) is 13.7. The lowest BCUT2D eigenvalue weighted by molar-refractivity contribution is -0.136. The number of carbonyl (C=O) groups is 2. The molecule has 0 aliphatic carbocycles. The van der Waals surface area contributed by atoms with Crippen molar-refractivity contribution in [3.63, 3.8) is 0 Å². The Morgan fingerprint density at radius 3 is 2.52 bits per heavy atom. The molecular formula is C15H19N3O3. The SMILES string of the molecule is O=C1CC(C(=O)N2CCN(c3ccccc3O)CC2)CN1. The maximum Gasteiger partial charge on any atom is 0.228 e. The van der Waals surface area contributed by atoms with Crippen molar-refractivity contribution in [2.45, 2.75) is 6.42 Å². The maximum absolute atomic E-state index is 12.3. The van der Waals surface area contributed by atoms with E-state index in [4.69, 9.17) is 0 Å². The minimum Gasteiger partial charge on any atom is -0.506 e. The van der Waals surface area contributed by atoms with Crippen molar-refractivity contribution < 1.29 is 14.7 Å². The van der Waals surface area contributed by atoms with E-state index in [-0.39, 0.29) is 23.5 Å². The van der Waals surface area contributed by atoms with E-state index in [1.54, 1.807) is 12.1 Å². The smallest absolute Gasteiger partial charge is 0.228 e. The number of nitrogens with zero attached hydrogens (tertiary/aromatic N) is 2. The summed E-state index contributed by atoms with van der Waals surface area (Å²) in [4.78, 5) is 27.4. The highest BCUT2D eigenvalue weighted by atomic mass is 16.3. The van der Waals surface area contributed by atoms with Crippen molar-refractivity contribution in [1.29, 1.82) is 0 Å². The van der Waals surface area contributed by atoms with E-state index in [2.05, 4.69) is 10.2 Å². The first-order chi connectivity index (χ1) is 10.1. The highest BCUT2D eigenvalue weighted by Crippen LogP contribution is 2.27. The van der Waals surface area contributed by atoms with Crippen LogP contribution in [0.1, 0.15) is 6.42 Å². The van der Waals surface area contributed by atoms with E-state index >= 15 is 0 Å². The third kappa shape index (κ3) is 2.79. The predicted octanol–water partition coefficient (Wildman–Crippen LogP) is 0.177. The van der Waals surface area contributed by atoms with Gasteiger partial charge in [-0.1, -0.05) is 12.1 Å². The summed E-state index contributed by atoms with van der Waals surface area (Å²) in [5, 5.41) is 12.6. The van der Waals surface area contributed by atoms with Crippen LogP contribution in [0.5, 0.6) is 5.75 Å². The molecule has 6 heteroatoms. The van der Waals surface area contributed by atoms with Crippen molar-refractivity contribution in [3.05, 3.63) is 24.3 Å². The van der Waals surface area contributed by atoms with Gasteiger partial charge in [0, 0.05) is 39.1 Å². The van der Waals surface area contributed by atoms with Crippen LogP contribution in [-0.4, -0.2) is 54.5 Å². The van der Waals surface area contributed by atoms with Gasteiger partial charge in [-0.3, -0.25) is 9.59 Å². The van der Waals surface area contributed by atoms with Gasteiger partial charge >= 0.3 is 0 Å². The number of rotatable bonds is 2. The predicted molar refractivity (Wildman–Crippen MR) is 78.0 cm³/mol. The average molecular weight is 289 g/mol. The molecule has 3 rings (SSSR count). The fourth-order valence-electron chi connectivity index (χ4n) is 2.94. The van der Waals surface area contributed by atoms with Crippen molar-refractivity contribution in [2.75, 3.05) is 37.6 Å². The second kappa shape index (κ2) is 5.63. The van der Waals surface area contributed by atoms with Crippen LogP contribution in [0.25, 0.3) is 0 Å². The molecule has 2 fully saturated rings. The first-order valence-corrected chi connectivity index (χ1v) is 7.23. The molecule has 0 spiro atoms. The quantitative estimate of drug-likeness (QED) is 0.814. The number of hydrogen-bond donors (Lipinski definition) is 2. The fourth-order valence-corrected chi connectivity index (χ4v) is 2.94. The number of benzene rings is 1. The van der Waals surface area contributed by atoms with Crippen molar-refractivity contribution in [2.24, 2.45) is 5.92 Å². The van der Waals surface area contributed by atoms with Gasteiger partial charge in [-0.15, -0.1) is 0 Å². The Bertz CT molecular complexity index is 553. The second-order valence-electron chi connectivity index (χ2n) is 5.51. The lowest BCUT2D eigenvalue weighted by Crippen LogP contribution is -2.50. The van der Waals surface area contributed by atoms with Crippen molar-refractivity contribution in [1.82, 2.24) is 10.2 Å². The zero-order valence-corrected chi connectivity index (χ0v) is 11.8. The number of para-hydroxylation sites is 2. The number of phenols is 1.